The van der Waals surface area contributed by atoms with Crippen LogP contribution in [-0.4, -0.2) is 4.98 Å². The molecule has 0 radical (unpaired) electrons. The van der Waals surface area contributed by atoms with Gasteiger partial charge in [0.25, 0.3) is 0 Å². The van der Waals surface area contributed by atoms with Gasteiger partial charge in [-0.15, -0.1) is 0 Å². The van der Waals surface area contributed by atoms with Crippen LogP contribution >= 0.6 is 0 Å². The molecule has 0 aliphatic rings. The first-order valence-electron chi connectivity index (χ1n) is 7.14. The van der Waals surface area contributed by atoms with E-state index in [2.05, 4.69) is 84.0 Å². The van der Waals surface area contributed by atoms with Crippen molar-refractivity contribution in [3.8, 4) is 0 Å². The van der Waals surface area contributed by atoms with Crippen molar-refractivity contribution in [1.82, 2.24) is 4.98 Å². The Bertz CT molecular complexity index is 930. The Kier molecular flexibility index (Phi) is 2.82. The number of benzene rings is 3. The molecule has 3 aromatic carbocycles. The highest BCUT2D eigenvalue weighted by molar-refractivity contribution is 6.08. The zero-order valence-electron chi connectivity index (χ0n) is 11.6. The van der Waals surface area contributed by atoms with Crippen LogP contribution in [-0.2, 0) is 0 Å². The average Bonchev–Trinajstić information content (AvgIpc) is 2.97. The van der Waals surface area contributed by atoms with Crippen LogP contribution in [0.25, 0.3) is 33.8 Å². The maximum atomic E-state index is 3.42. The first kappa shape index (κ1) is 12.0. The van der Waals surface area contributed by atoms with Crippen molar-refractivity contribution in [1.29, 1.82) is 0 Å². The number of H-pyrrole nitrogens is 1. The summed E-state index contributed by atoms with van der Waals surface area (Å²) in [5.41, 5.74) is 3.65. The molecule has 0 fully saturated rings. The lowest BCUT2D eigenvalue weighted by atomic mass is 10.1. The second-order valence-electron chi connectivity index (χ2n) is 5.20. The molecule has 0 aliphatic carbocycles. The van der Waals surface area contributed by atoms with Gasteiger partial charge in [-0.1, -0.05) is 78.9 Å². The number of aromatic nitrogens is 1. The highest BCUT2D eigenvalue weighted by Crippen LogP contribution is 2.27. The van der Waals surface area contributed by atoms with Gasteiger partial charge < -0.3 is 4.98 Å². The summed E-state index contributed by atoms with van der Waals surface area (Å²) in [6, 6.07) is 23.2. The molecule has 0 unspecified atom stereocenters. The molecule has 4 rings (SSSR count). The van der Waals surface area contributed by atoms with E-state index >= 15 is 0 Å². The third-order valence-electron chi connectivity index (χ3n) is 3.87. The van der Waals surface area contributed by atoms with Crippen molar-refractivity contribution in [2.45, 2.75) is 0 Å². The summed E-state index contributed by atoms with van der Waals surface area (Å²) in [5, 5.41) is 3.81. The van der Waals surface area contributed by atoms with E-state index in [-0.39, 0.29) is 0 Å². The second-order valence-corrected chi connectivity index (χ2v) is 5.20. The normalized spacial score (nSPS) is 11.6. The molecule has 0 saturated carbocycles. The molecule has 100 valence electrons. The Morgan fingerprint density at radius 1 is 0.667 bits per heavy atom. The fourth-order valence-electron chi connectivity index (χ4n) is 2.78. The monoisotopic (exact) mass is 269 g/mol. The minimum Gasteiger partial charge on any atom is -0.360 e. The van der Waals surface area contributed by atoms with Gasteiger partial charge in [0, 0.05) is 17.0 Å². The number of fused-ring (bicyclic) bond motifs is 3. The summed E-state index contributed by atoms with van der Waals surface area (Å²) in [5.74, 6) is 0. The fraction of sp³-hybridized carbons (Fsp3) is 0. The Labute approximate surface area is 123 Å². The lowest BCUT2D eigenvalue weighted by Crippen LogP contribution is -1.75. The molecule has 0 bridgehead atoms. The highest BCUT2D eigenvalue weighted by Gasteiger charge is 2.04. The van der Waals surface area contributed by atoms with Crippen molar-refractivity contribution in [2.24, 2.45) is 0 Å². The number of nitrogens with one attached hydrogen (secondary N) is 1. The van der Waals surface area contributed by atoms with Crippen LogP contribution in [0.5, 0.6) is 0 Å². The zero-order chi connectivity index (χ0) is 14.1. The van der Waals surface area contributed by atoms with Crippen LogP contribution in [0, 0.1) is 0 Å². The second kappa shape index (κ2) is 4.95. The standard InChI is InChI=1S/C20H15N/c1-2-6-15(7-3-1)10-11-17-14-21-20-18-9-5-4-8-16(18)12-13-19(17)20/h1-14,21H/b11-10-. The van der Waals surface area contributed by atoms with Crippen LogP contribution in [0.4, 0.5) is 0 Å². The summed E-state index contributed by atoms with van der Waals surface area (Å²) in [6.45, 7) is 0. The van der Waals surface area contributed by atoms with Crippen LogP contribution in [0.2, 0.25) is 0 Å². The molecular weight excluding hydrogens is 254 g/mol. The Balaban J connectivity index is 1.84. The van der Waals surface area contributed by atoms with Gasteiger partial charge in [-0.25, -0.2) is 0 Å². The average molecular weight is 269 g/mol. The lowest BCUT2D eigenvalue weighted by molar-refractivity contribution is 1.48. The molecule has 0 atom stereocenters. The van der Waals surface area contributed by atoms with Crippen molar-refractivity contribution in [2.75, 3.05) is 0 Å². The van der Waals surface area contributed by atoms with Gasteiger partial charge in [-0.2, -0.15) is 0 Å². The van der Waals surface area contributed by atoms with Crippen LogP contribution in [0.3, 0.4) is 0 Å². The van der Waals surface area contributed by atoms with E-state index in [4.69, 9.17) is 0 Å². The zero-order valence-corrected chi connectivity index (χ0v) is 11.6. The molecule has 1 N–H and O–H groups in total. The van der Waals surface area contributed by atoms with Gasteiger partial charge in [0.2, 0.25) is 0 Å². The molecule has 0 amide bonds. The van der Waals surface area contributed by atoms with Crippen LogP contribution in [0.1, 0.15) is 11.1 Å². The predicted molar refractivity (Wildman–Crippen MR) is 91.2 cm³/mol. The SMILES string of the molecule is C(=C/c1c[nH]c2c1ccc1ccccc12)/c1ccccc1. The number of aromatic amines is 1. The van der Waals surface area contributed by atoms with E-state index in [1.54, 1.807) is 0 Å². The smallest absolute Gasteiger partial charge is 0.0539 e. The molecular formula is C20H15N. The van der Waals surface area contributed by atoms with E-state index in [1.807, 2.05) is 6.07 Å². The summed E-state index contributed by atoms with van der Waals surface area (Å²) < 4.78 is 0. The Morgan fingerprint density at radius 3 is 2.38 bits per heavy atom. The van der Waals surface area contributed by atoms with Crippen LogP contribution in [0.15, 0.2) is 72.9 Å². The van der Waals surface area contributed by atoms with Gasteiger partial charge in [0.1, 0.15) is 0 Å². The van der Waals surface area contributed by atoms with E-state index in [9.17, 15) is 0 Å². The van der Waals surface area contributed by atoms with Crippen molar-refractivity contribution in [3.05, 3.63) is 84.1 Å². The molecule has 0 saturated heterocycles. The van der Waals surface area contributed by atoms with Crippen LogP contribution < -0.4 is 0 Å². The summed E-state index contributed by atoms with van der Waals surface area (Å²) in [4.78, 5) is 3.42. The summed E-state index contributed by atoms with van der Waals surface area (Å²) >= 11 is 0. The molecule has 4 aromatic rings. The van der Waals surface area contributed by atoms with E-state index < -0.39 is 0 Å². The van der Waals surface area contributed by atoms with Crippen molar-refractivity contribution < 1.29 is 0 Å². The molecule has 1 heteroatoms. The van der Waals surface area contributed by atoms with Crippen molar-refractivity contribution in [3.63, 3.8) is 0 Å². The van der Waals surface area contributed by atoms with E-state index in [1.165, 1.54) is 32.8 Å². The Morgan fingerprint density at radius 2 is 1.48 bits per heavy atom. The molecule has 21 heavy (non-hydrogen) atoms. The number of hydrogen-bond donors (Lipinski definition) is 1. The predicted octanol–water partition coefficient (Wildman–Crippen LogP) is 5.49. The first-order chi connectivity index (χ1) is 10.4. The number of hydrogen-bond acceptors (Lipinski definition) is 0. The fourth-order valence-corrected chi connectivity index (χ4v) is 2.78. The highest BCUT2D eigenvalue weighted by atomic mass is 14.7. The van der Waals surface area contributed by atoms with Gasteiger partial charge in [-0.3, -0.25) is 0 Å². The van der Waals surface area contributed by atoms with Crippen molar-refractivity contribution >= 4 is 33.8 Å². The minimum atomic E-state index is 1.21. The van der Waals surface area contributed by atoms with Gasteiger partial charge in [-0.05, 0) is 16.5 Å². The maximum Gasteiger partial charge on any atom is 0.0539 e. The maximum absolute atomic E-state index is 3.42. The summed E-state index contributed by atoms with van der Waals surface area (Å²) in [6.07, 6.45) is 6.40. The molecule has 1 heterocycles. The topological polar surface area (TPSA) is 15.8 Å². The summed E-state index contributed by atoms with van der Waals surface area (Å²) in [7, 11) is 0. The Hall–Kier alpha value is -2.80. The molecule has 0 spiro atoms. The molecule has 0 aliphatic heterocycles. The first-order valence-corrected chi connectivity index (χ1v) is 7.14. The van der Waals surface area contributed by atoms with Gasteiger partial charge in [0.15, 0.2) is 0 Å². The number of rotatable bonds is 2. The largest absolute Gasteiger partial charge is 0.360 e. The lowest BCUT2D eigenvalue weighted by Gasteiger charge is -1.99. The minimum absolute atomic E-state index is 1.21. The van der Waals surface area contributed by atoms with E-state index in [0.717, 1.165) is 0 Å². The third-order valence-corrected chi connectivity index (χ3v) is 3.87. The third kappa shape index (κ3) is 2.13. The van der Waals surface area contributed by atoms with E-state index in [0.29, 0.717) is 0 Å². The molecule has 1 nitrogen and oxygen atoms in total. The van der Waals surface area contributed by atoms with Gasteiger partial charge in [0.05, 0.1) is 5.52 Å². The van der Waals surface area contributed by atoms with Gasteiger partial charge >= 0.3 is 0 Å². The quantitative estimate of drug-likeness (QED) is 0.495. The molecule has 1 aromatic heterocycles.